The first kappa shape index (κ1) is 29.6. The van der Waals surface area contributed by atoms with Gasteiger partial charge < -0.3 is 25.4 Å². The van der Waals surface area contributed by atoms with Gasteiger partial charge in [0.1, 0.15) is 17.7 Å². The molecule has 2 aromatic rings. The van der Waals surface area contributed by atoms with Crippen molar-refractivity contribution in [1.82, 2.24) is 20.5 Å². The van der Waals surface area contributed by atoms with Gasteiger partial charge in [-0.3, -0.25) is 9.59 Å². The SMILES string of the molecule is CO.Cc1ncsc1-c1ccc(CNC(=O)C2CCCN2C(=O)C(NC(=O)OC(C)(C)C)C2CCC2)cc1. The van der Waals surface area contributed by atoms with E-state index in [-0.39, 0.29) is 17.7 Å². The Balaban J connectivity index is 0.00000195. The lowest BCUT2D eigenvalue weighted by Gasteiger charge is -2.37. The molecule has 1 aromatic carbocycles. The number of ether oxygens (including phenoxy) is 1. The molecule has 1 aliphatic heterocycles. The fraction of sp³-hybridized carbons (Fsp3) is 0.571. The van der Waals surface area contributed by atoms with E-state index in [1.54, 1.807) is 37.0 Å². The van der Waals surface area contributed by atoms with Gasteiger partial charge in [0.05, 0.1) is 16.1 Å². The van der Waals surface area contributed by atoms with Crippen LogP contribution in [-0.4, -0.2) is 64.2 Å². The van der Waals surface area contributed by atoms with Crippen LogP contribution in [0.2, 0.25) is 0 Å². The fourth-order valence-electron chi connectivity index (χ4n) is 4.73. The number of alkyl carbamates (subject to hydrolysis) is 1. The topological polar surface area (TPSA) is 121 Å². The molecule has 4 rings (SSSR count). The molecular weight excluding hydrogens is 504 g/mol. The number of hydrogen-bond acceptors (Lipinski definition) is 7. The Bertz CT molecular complexity index is 1090. The summed E-state index contributed by atoms with van der Waals surface area (Å²) in [7, 11) is 1.00. The molecule has 38 heavy (non-hydrogen) atoms. The van der Waals surface area contributed by atoms with Crippen LogP contribution >= 0.6 is 11.3 Å². The number of amides is 3. The van der Waals surface area contributed by atoms with Gasteiger partial charge in [-0.2, -0.15) is 0 Å². The molecule has 10 heteroatoms. The van der Waals surface area contributed by atoms with Crippen molar-refractivity contribution in [2.45, 2.75) is 84.0 Å². The van der Waals surface area contributed by atoms with E-state index in [9.17, 15) is 14.4 Å². The third-order valence-electron chi connectivity index (χ3n) is 6.83. The third-order valence-corrected chi connectivity index (χ3v) is 7.80. The number of carbonyl (C=O) groups is 3. The molecule has 1 aliphatic carbocycles. The molecule has 0 radical (unpaired) electrons. The zero-order chi connectivity index (χ0) is 27.9. The van der Waals surface area contributed by atoms with Crippen LogP contribution in [0.3, 0.4) is 0 Å². The van der Waals surface area contributed by atoms with Gasteiger partial charge in [-0.25, -0.2) is 9.78 Å². The van der Waals surface area contributed by atoms with Gasteiger partial charge in [-0.05, 0) is 70.4 Å². The molecule has 2 heterocycles. The van der Waals surface area contributed by atoms with Gasteiger partial charge in [0.15, 0.2) is 0 Å². The molecule has 2 atom stereocenters. The minimum atomic E-state index is -0.662. The number of rotatable bonds is 7. The van der Waals surface area contributed by atoms with Crippen LogP contribution in [0, 0.1) is 12.8 Å². The molecule has 2 aliphatic rings. The van der Waals surface area contributed by atoms with Crippen molar-refractivity contribution in [3.8, 4) is 10.4 Å². The molecule has 208 valence electrons. The number of nitrogens with zero attached hydrogens (tertiary/aromatic N) is 2. The highest BCUT2D eigenvalue weighted by Crippen LogP contribution is 2.32. The van der Waals surface area contributed by atoms with E-state index in [0.29, 0.717) is 19.5 Å². The highest BCUT2D eigenvalue weighted by atomic mass is 32.1. The van der Waals surface area contributed by atoms with Gasteiger partial charge in [0.25, 0.3) is 0 Å². The molecular formula is C28H40N4O5S. The van der Waals surface area contributed by atoms with Crippen LogP contribution < -0.4 is 10.6 Å². The van der Waals surface area contributed by atoms with Crippen molar-refractivity contribution in [1.29, 1.82) is 0 Å². The van der Waals surface area contributed by atoms with E-state index in [2.05, 4.69) is 15.6 Å². The van der Waals surface area contributed by atoms with E-state index in [1.165, 1.54) is 0 Å². The molecule has 3 N–H and O–H groups in total. The van der Waals surface area contributed by atoms with Crippen LogP contribution in [0.1, 0.15) is 64.1 Å². The Morgan fingerprint density at radius 1 is 1.13 bits per heavy atom. The summed E-state index contributed by atoms with van der Waals surface area (Å²) >= 11 is 1.61. The quantitative estimate of drug-likeness (QED) is 0.484. The van der Waals surface area contributed by atoms with Gasteiger partial charge >= 0.3 is 6.09 Å². The summed E-state index contributed by atoms with van der Waals surface area (Å²) in [6.45, 7) is 8.28. The van der Waals surface area contributed by atoms with Crippen LogP contribution in [-0.2, 0) is 20.9 Å². The number of likely N-dealkylation sites (tertiary alicyclic amines) is 1. The number of aliphatic hydroxyl groups is 1. The predicted molar refractivity (Wildman–Crippen MR) is 148 cm³/mol. The van der Waals surface area contributed by atoms with Gasteiger partial charge in [-0.1, -0.05) is 30.7 Å². The van der Waals surface area contributed by atoms with Crippen LogP contribution in [0.25, 0.3) is 10.4 Å². The number of aryl methyl sites for hydroxylation is 1. The highest BCUT2D eigenvalue weighted by molar-refractivity contribution is 7.13. The zero-order valence-electron chi connectivity index (χ0n) is 23.0. The monoisotopic (exact) mass is 544 g/mol. The largest absolute Gasteiger partial charge is 0.444 e. The van der Waals surface area contributed by atoms with E-state index in [4.69, 9.17) is 9.84 Å². The number of nitrogens with one attached hydrogen (secondary N) is 2. The minimum Gasteiger partial charge on any atom is -0.444 e. The van der Waals surface area contributed by atoms with Crippen molar-refractivity contribution < 1.29 is 24.2 Å². The maximum Gasteiger partial charge on any atom is 0.408 e. The average molecular weight is 545 g/mol. The van der Waals surface area contributed by atoms with Crippen molar-refractivity contribution in [2.24, 2.45) is 5.92 Å². The molecule has 0 spiro atoms. The minimum absolute atomic E-state index is 0.0787. The van der Waals surface area contributed by atoms with E-state index >= 15 is 0 Å². The second-order valence-corrected chi connectivity index (χ2v) is 11.5. The zero-order valence-corrected chi connectivity index (χ0v) is 23.8. The molecule has 1 saturated heterocycles. The second-order valence-electron chi connectivity index (χ2n) is 10.7. The molecule has 1 saturated carbocycles. The Labute approximate surface area is 229 Å². The Kier molecular flexibility index (Phi) is 10.3. The summed E-state index contributed by atoms with van der Waals surface area (Å²) in [5.74, 6) is -0.268. The summed E-state index contributed by atoms with van der Waals surface area (Å²) < 4.78 is 5.40. The molecule has 0 bridgehead atoms. The number of benzene rings is 1. The van der Waals surface area contributed by atoms with Gasteiger partial charge in [0, 0.05) is 20.2 Å². The standard InChI is InChI=1S/C27H36N4O4S.CH4O/c1-17-23(36-16-29-17)20-12-10-18(11-13-20)15-28-24(32)21-9-6-14-31(21)25(33)22(19-7-5-8-19)30-26(34)35-27(2,3)4;1-2/h10-13,16,19,21-22H,5-9,14-15H2,1-4H3,(H,28,32)(H,30,34);2H,1H3. The molecule has 2 fully saturated rings. The normalized spacial score (nSPS) is 18.1. The summed E-state index contributed by atoms with van der Waals surface area (Å²) in [6, 6.07) is 6.90. The van der Waals surface area contributed by atoms with E-state index in [1.807, 2.05) is 36.7 Å². The maximum atomic E-state index is 13.5. The average Bonchev–Trinajstić information content (AvgIpc) is 3.50. The lowest BCUT2D eigenvalue weighted by molar-refractivity contribution is -0.141. The second kappa shape index (κ2) is 13.2. The lowest BCUT2D eigenvalue weighted by atomic mass is 9.79. The molecule has 9 nitrogen and oxygen atoms in total. The smallest absolute Gasteiger partial charge is 0.408 e. The molecule has 3 amide bonds. The van der Waals surface area contributed by atoms with Crippen molar-refractivity contribution in [2.75, 3.05) is 13.7 Å². The number of aliphatic hydroxyl groups excluding tert-OH is 1. The molecule has 1 aromatic heterocycles. The summed E-state index contributed by atoms with van der Waals surface area (Å²) in [5.41, 5.74) is 4.30. The number of carbonyl (C=O) groups excluding carboxylic acids is 3. The summed E-state index contributed by atoms with van der Waals surface area (Å²) in [4.78, 5) is 46.1. The number of thiazole rings is 1. The van der Waals surface area contributed by atoms with Crippen LogP contribution in [0.4, 0.5) is 4.79 Å². The number of aromatic nitrogens is 1. The first-order valence-electron chi connectivity index (χ1n) is 13.1. The van der Waals surface area contributed by atoms with Crippen LogP contribution in [0.15, 0.2) is 29.8 Å². The van der Waals surface area contributed by atoms with Crippen molar-refractivity contribution in [3.63, 3.8) is 0 Å². The highest BCUT2D eigenvalue weighted by Gasteiger charge is 2.42. The molecule has 2 unspecified atom stereocenters. The van der Waals surface area contributed by atoms with Gasteiger partial charge in [0.2, 0.25) is 11.8 Å². The van der Waals surface area contributed by atoms with Crippen molar-refractivity contribution in [3.05, 3.63) is 41.0 Å². The summed E-state index contributed by atoms with van der Waals surface area (Å²) in [6.07, 6.45) is 3.59. The Hall–Kier alpha value is -2.98. The van der Waals surface area contributed by atoms with Crippen molar-refractivity contribution >= 4 is 29.2 Å². The Morgan fingerprint density at radius 3 is 2.37 bits per heavy atom. The fourth-order valence-corrected chi connectivity index (χ4v) is 5.54. The van der Waals surface area contributed by atoms with Gasteiger partial charge in [-0.15, -0.1) is 11.3 Å². The van der Waals surface area contributed by atoms with E-state index < -0.39 is 23.8 Å². The third kappa shape index (κ3) is 7.54. The first-order chi connectivity index (χ1) is 18.1. The predicted octanol–water partition coefficient (Wildman–Crippen LogP) is 4.03. The maximum absolute atomic E-state index is 13.5. The Morgan fingerprint density at radius 2 is 1.82 bits per heavy atom. The number of hydrogen-bond donors (Lipinski definition) is 3. The van der Waals surface area contributed by atoms with E-state index in [0.717, 1.165) is 54.5 Å². The summed E-state index contributed by atoms with van der Waals surface area (Å²) in [5, 5.41) is 12.8. The lowest BCUT2D eigenvalue weighted by Crippen LogP contribution is -2.57. The first-order valence-corrected chi connectivity index (χ1v) is 14.0. The van der Waals surface area contributed by atoms with Crippen LogP contribution in [0.5, 0.6) is 0 Å².